The lowest BCUT2D eigenvalue weighted by atomic mass is 10.0. The van der Waals surface area contributed by atoms with Crippen LogP contribution in [-0.4, -0.2) is 56.2 Å². The van der Waals surface area contributed by atoms with Gasteiger partial charge >= 0.3 is 0 Å². The van der Waals surface area contributed by atoms with E-state index in [4.69, 9.17) is 10.00 Å². The van der Waals surface area contributed by atoms with E-state index in [1.165, 1.54) is 12.8 Å². The number of nitrogens with zero attached hydrogens (tertiary/aromatic N) is 3. The van der Waals surface area contributed by atoms with Gasteiger partial charge in [-0.25, -0.2) is 0 Å². The van der Waals surface area contributed by atoms with Crippen molar-refractivity contribution in [3.63, 3.8) is 0 Å². The molecule has 1 saturated heterocycles. The quantitative estimate of drug-likeness (QED) is 0.822. The van der Waals surface area contributed by atoms with Crippen molar-refractivity contribution >= 4 is 0 Å². The molecule has 0 radical (unpaired) electrons. The van der Waals surface area contributed by atoms with Gasteiger partial charge in [-0.1, -0.05) is 0 Å². The second kappa shape index (κ2) is 7.28. The summed E-state index contributed by atoms with van der Waals surface area (Å²) >= 11 is 0. The van der Waals surface area contributed by atoms with Crippen LogP contribution >= 0.6 is 0 Å². The standard InChI is InChI=1S/C16H23N3O/c1-18(2)15-7-9-19(10-8-15)11-12-20-16-5-3-14(13-17)4-6-16/h3-6,15H,7-12H2,1-2H3. The summed E-state index contributed by atoms with van der Waals surface area (Å²) in [5.74, 6) is 0.840. The molecule has 1 aromatic carbocycles. The first-order chi connectivity index (χ1) is 9.69. The molecule has 2 rings (SSSR count). The maximum Gasteiger partial charge on any atom is 0.119 e. The molecule has 1 heterocycles. The van der Waals surface area contributed by atoms with E-state index in [0.29, 0.717) is 12.2 Å². The molecular formula is C16H23N3O. The van der Waals surface area contributed by atoms with Gasteiger partial charge in [-0.15, -0.1) is 0 Å². The summed E-state index contributed by atoms with van der Waals surface area (Å²) in [7, 11) is 4.32. The Balaban J connectivity index is 1.67. The van der Waals surface area contributed by atoms with Crippen LogP contribution in [0.2, 0.25) is 0 Å². The molecule has 4 nitrogen and oxygen atoms in total. The van der Waals surface area contributed by atoms with Crippen molar-refractivity contribution in [2.75, 3.05) is 40.3 Å². The van der Waals surface area contributed by atoms with Gasteiger partial charge in [0.2, 0.25) is 0 Å². The Bertz CT molecular complexity index is 442. The second-order valence-electron chi connectivity index (χ2n) is 5.52. The lowest BCUT2D eigenvalue weighted by Crippen LogP contribution is -2.43. The van der Waals surface area contributed by atoms with Crippen LogP contribution in [0.4, 0.5) is 0 Å². The Hall–Kier alpha value is -1.57. The molecule has 1 fully saturated rings. The first-order valence-electron chi connectivity index (χ1n) is 7.21. The normalized spacial score (nSPS) is 17.1. The molecular weight excluding hydrogens is 250 g/mol. The van der Waals surface area contributed by atoms with Crippen LogP contribution < -0.4 is 4.74 Å². The number of nitriles is 1. The first kappa shape index (κ1) is 14.8. The molecule has 0 amide bonds. The Labute approximate surface area is 121 Å². The van der Waals surface area contributed by atoms with Crippen LogP contribution in [0.1, 0.15) is 18.4 Å². The Morgan fingerprint density at radius 1 is 1.25 bits per heavy atom. The molecule has 0 N–H and O–H groups in total. The molecule has 0 bridgehead atoms. The highest BCUT2D eigenvalue weighted by atomic mass is 16.5. The molecule has 0 spiro atoms. The number of piperidine rings is 1. The average molecular weight is 273 g/mol. The Kier molecular flexibility index (Phi) is 5.40. The molecule has 1 aromatic rings. The SMILES string of the molecule is CN(C)C1CCN(CCOc2ccc(C#N)cc2)CC1. The van der Waals surface area contributed by atoms with Crippen LogP contribution in [0.5, 0.6) is 5.75 Å². The van der Waals surface area contributed by atoms with E-state index in [1.54, 1.807) is 12.1 Å². The molecule has 1 aliphatic rings. The Morgan fingerprint density at radius 2 is 1.90 bits per heavy atom. The van der Waals surface area contributed by atoms with Gasteiger partial charge in [0.15, 0.2) is 0 Å². The highest BCUT2D eigenvalue weighted by Gasteiger charge is 2.19. The third-order valence-electron chi connectivity index (χ3n) is 3.95. The zero-order valence-electron chi connectivity index (χ0n) is 12.4. The minimum Gasteiger partial charge on any atom is -0.492 e. The number of rotatable bonds is 5. The minimum absolute atomic E-state index is 0.670. The van der Waals surface area contributed by atoms with Crippen LogP contribution in [-0.2, 0) is 0 Å². The number of ether oxygens (including phenoxy) is 1. The highest BCUT2D eigenvalue weighted by Crippen LogP contribution is 2.15. The molecule has 20 heavy (non-hydrogen) atoms. The second-order valence-corrected chi connectivity index (χ2v) is 5.52. The van der Waals surface area contributed by atoms with Gasteiger partial charge in [0.1, 0.15) is 12.4 Å². The largest absolute Gasteiger partial charge is 0.492 e. The predicted molar refractivity (Wildman–Crippen MR) is 79.8 cm³/mol. The van der Waals surface area contributed by atoms with Gasteiger partial charge in [-0.2, -0.15) is 5.26 Å². The average Bonchev–Trinajstić information content (AvgIpc) is 2.48. The summed E-state index contributed by atoms with van der Waals surface area (Å²) in [6, 6.07) is 10.1. The summed E-state index contributed by atoms with van der Waals surface area (Å²) < 4.78 is 5.72. The van der Waals surface area contributed by atoms with Gasteiger partial charge in [0.25, 0.3) is 0 Å². The fourth-order valence-electron chi connectivity index (χ4n) is 2.58. The van der Waals surface area contributed by atoms with E-state index in [2.05, 4.69) is 30.0 Å². The topological polar surface area (TPSA) is 39.5 Å². The van der Waals surface area contributed by atoms with Gasteiger partial charge in [0, 0.05) is 12.6 Å². The van der Waals surface area contributed by atoms with Gasteiger partial charge in [-0.05, 0) is 64.3 Å². The molecule has 0 atom stereocenters. The zero-order valence-corrected chi connectivity index (χ0v) is 12.4. The van der Waals surface area contributed by atoms with E-state index in [1.807, 2.05) is 12.1 Å². The molecule has 108 valence electrons. The van der Waals surface area contributed by atoms with Gasteiger partial charge < -0.3 is 9.64 Å². The first-order valence-corrected chi connectivity index (χ1v) is 7.21. The van der Waals surface area contributed by atoms with Crippen molar-refractivity contribution in [3.05, 3.63) is 29.8 Å². The van der Waals surface area contributed by atoms with E-state index in [0.717, 1.165) is 31.4 Å². The maximum absolute atomic E-state index is 8.73. The van der Waals surface area contributed by atoms with Crippen LogP contribution in [0, 0.1) is 11.3 Å². The number of hydrogen-bond acceptors (Lipinski definition) is 4. The van der Waals surface area contributed by atoms with Crippen molar-refractivity contribution in [2.24, 2.45) is 0 Å². The lowest BCUT2D eigenvalue weighted by molar-refractivity contribution is 0.128. The molecule has 1 aliphatic heterocycles. The maximum atomic E-state index is 8.73. The van der Waals surface area contributed by atoms with Crippen molar-refractivity contribution in [1.29, 1.82) is 5.26 Å². The van der Waals surface area contributed by atoms with E-state index >= 15 is 0 Å². The van der Waals surface area contributed by atoms with Gasteiger partial charge in [0.05, 0.1) is 11.6 Å². The fourth-order valence-corrected chi connectivity index (χ4v) is 2.58. The van der Waals surface area contributed by atoms with Crippen molar-refractivity contribution in [1.82, 2.24) is 9.80 Å². The molecule has 0 saturated carbocycles. The lowest BCUT2D eigenvalue weighted by Gasteiger charge is -2.35. The minimum atomic E-state index is 0.670. The summed E-state index contributed by atoms with van der Waals surface area (Å²) in [5, 5.41) is 8.73. The van der Waals surface area contributed by atoms with Crippen LogP contribution in [0.3, 0.4) is 0 Å². The fraction of sp³-hybridized carbons (Fsp3) is 0.562. The molecule has 0 unspecified atom stereocenters. The summed E-state index contributed by atoms with van der Waals surface area (Å²) in [6.45, 7) is 3.98. The summed E-state index contributed by atoms with van der Waals surface area (Å²) in [4.78, 5) is 4.79. The number of hydrogen-bond donors (Lipinski definition) is 0. The van der Waals surface area contributed by atoms with E-state index in [-0.39, 0.29) is 0 Å². The zero-order chi connectivity index (χ0) is 14.4. The summed E-state index contributed by atoms with van der Waals surface area (Å²) in [5.41, 5.74) is 0.670. The molecule has 0 aromatic heterocycles. The van der Waals surface area contributed by atoms with Crippen molar-refractivity contribution in [2.45, 2.75) is 18.9 Å². The van der Waals surface area contributed by atoms with Crippen molar-refractivity contribution in [3.8, 4) is 11.8 Å². The molecule has 0 aliphatic carbocycles. The van der Waals surface area contributed by atoms with Crippen LogP contribution in [0.25, 0.3) is 0 Å². The number of likely N-dealkylation sites (tertiary alicyclic amines) is 1. The monoisotopic (exact) mass is 273 g/mol. The molecule has 4 heteroatoms. The summed E-state index contributed by atoms with van der Waals surface area (Å²) in [6.07, 6.45) is 2.48. The number of benzene rings is 1. The highest BCUT2D eigenvalue weighted by molar-refractivity contribution is 5.34. The van der Waals surface area contributed by atoms with E-state index < -0.39 is 0 Å². The van der Waals surface area contributed by atoms with Gasteiger partial charge in [-0.3, -0.25) is 4.90 Å². The Morgan fingerprint density at radius 3 is 2.45 bits per heavy atom. The van der Waals surface area contributed by atoms with Crippen molar-refractivity contribution < 1.29 is 4.74 Å². The van der Waals surface area contributed by atoms with E-state index in [9.17, 15) is 0 Å². The third-order valence-corrected chi connectivity index (χ3v) is 3.95. The predicted octanol–water partition coefficient (Wildman–Crippen LogP) is 1.96. The smallest absolute Gasteiger partial charge is 0.119 e. The van der Waals surface area contributed by atoms with Crippen LogP contribution in [0.15, 0.2) is 24.3 Å². The third kappa shape index (κ3) is 4.22.